The number of carbonyl (C=O) groups excluding carboxylic acids is 4. The van der Waals surface area contributed by atoms with Crippen molar-refractivity contribution in [3.63, 3.8) is 0 Å². The molecule has 0 saturated carbocycles. The Bertz CT molecular complexity index is 1560. The lowest BCUT2D eigenvalue weighted by molar-refractivity contribution is -0.161. The molecule has 0 amide bonds. The number of hydrogen-bond acceptors (Lipinski definition) is 15. The summed E-state index contributed by atoms with van der Waals surface area (Å²) in [5.41, 5.74) is 0. The van der Waals surface area contributed by atoms with Gasteiger partial charge in [-0.2, -0.15) is 0 Å². The first-order chi connectivity index (χ1) is 37.9. The molecule has 0 fully saturated rings. The van der Waals surface area contributed by atoms with Gasteiger partial charge in [-0.3, -0.25) is 37.3 Å². The van der Waals surface area contributed by atoms with Crippen LogP contribution >= 0.6 is 15.6 Å². The highest BCUT2D eigenvalue weighted by Gasteiger charge is 2.30. The van der Waals surface area contributed by atoms with Crippen LogP contribution in [-0.4, -0.2) is 96.7 Å². The first-order valence-corrected chi connectivity index (χ1v) is 34.5. The lowest BCUT2D eigenvalue weighted by Crippen LogP contribution is -2.30. The summed E-state index contributed by atoms with van der Waals surface area (Å²) in [6.07, 6.45) is 34.0. The van der Waals surface area contributed by atoms with E-state index in [1.807, 2.05) is 0 Å². The molecule has 0 aliphatic rings. The van der Waals surface area contributed by atoms with E-state index in [2.05, 4.69) is 41.5 Å². The molecule has 0 aromatic carbocycles. The predicted octanol–water partition coefficient (Wildman–Crippen LogP) is 16.1. The largest absolute Gasteiger partial charge is 0.472 e. The first kappa shape index (κ1) is 77.1. The van der Waals surface area contributed by atoms with Crippen molar-refractivity contribution in [2.45, 2.75) is 310 Å². The Hall–Kier alpha value is -1.94. The van der Waals surface area contributed by atoms with E-state index in [9.17, 15) is 43.2 Å². The number of hydrogen-bond donors (Lipinski definition) is 3. The fourth-order valence-corrected chi connectivity index (χ4v) is 10.4. The van der Waals surface area contributed by atoms with Gasteiger partial charge >= 0.3 is 39.5 Å². The molecule has 0 aromatic heterocycles. The van der Waals surface area contributed by atoms with E-state index < -0.39 is 97.5 Å². The normalized spacial score (nSPS) is 14.4. The van der Waals surface area contributed by atoms with Crippen LogP contribution < -0.4 is 0 Å². The highest BCUT2D eigenvalue weighted by molar-refractivity contribution is 7.47. The number of esters is 4. The van der Waals surface area contributed by atoms with Crippen LogP contribution in [0.5, 0.6) is 0 Å². The van der Waals surface area contributed by atoms with Crippen LogP contribution in [0.25, 0.3) is 0 Å². The molecule has 0 bridgehead atoms. The Morgan fingerprint density at radius 2 is 0.582 bits per heavy atom. The zero-order valence-electron chi connectivity index (χ0n) is 50.7. The van der Waals surface area contributed by atoms with Crippen LogP contribution in [0, 0.1) is 11.8 Å². The first-order valence-electron chi connectivity index (χ1n) is 31.5. The van der Waals surface area contributed by atoms with Crippen molar-refractivity contribution < 1.29 is 80.2 Å². The number of phosphoric acid groups is 2. The van der Waals surface area contributed by atoms with Crippen LogP contribution in [0.1, 0.15) is 292 Å². The van der Waals surface area contributed by atoms with Crippen molar-refractivity contribution in [1.82, 2.24) is 0 Å². The number of ether oxygens (including phenoxy) is 4. The fourth-order valence-electron chi connectivity index (χ4n) is 8.82. The second kappa shape index (κ2) is 52.8. The summed E-state index contributed by atoms with van der Waals surface area (Å²) in [5, 5.41) is 10.5. The molecule has 79 heavy (non-hydrogen) atoms. The molecule has 3 N–H and O–H groups in total. The molecule has 17 nitrogen and oxygen atoms in total. The van der Waals surface area contributed by atoms with Gasteiger partial charge in [-0.1, -0.05) is 241 Å². The highest BCUT2D eigenvalue weighted by atomic mass is 31.2. The maximum absolute atomic E-state index is 12.9. The average molecular weight is 1170 g/mol. The van der Waals surface area contributed by atoms with Gasteiger partial charge in [0.15, 0.2) is 12.2 Å². The third-order valence-electron chi connectivity index (χ3n) is 13.7. The molecule has 5 atom stereocenters. The molecule has 19 heteroatoms. The zero-order chi connectivity index (χ0) is 58.7. The Kier molecular flexibility index (Phi) is 51.5. The van der Waals surface area contributed by atoms with Crippen LogP contribution in [0.3, 0.4) is 0 Å². The standard InChI is InChI=1S/C60H116O17P2/c1-7-9-11-13-14-15-16-17-18-19-20-25-32-38-44-59(64)76-56(49-71-58(63)43-37-31-24-22-21-23-29-34-40-52(3)4)51-75-79(68,69)73-47-54(61)46-72-78(66,67)74-50-55(48-70-57(62)42-36-28-12-10-8-2)77-60(65)45-39-33-27-26-30-35-41-53(5)6/h52-56,61H,7-51H2,1-6H3,(H,66,67)(H,68,69)/t54-,55+,56+/m0/s1. The maximum atomic E-state index is 12.9. The van der Waals surface area contributed by atoms with E-state index in [4.69, 9.17) is 37.0 Å². The van der Waals surface area contributed by atoms with E-state index in [-0.39, 0.29) is 25.7 Å². The second-order valence-corrected chi connectivity index (χ2v) is 25.6. The van der Waals surface area contributed by atoms with Gasteiger partial charge in [-0.05, 0) is 37.5 Å². The van der Waals surface area contributed by atoms with Crippen molar-refractivity contribution in [3.8, 4) is 0 Å². The minimum atomic E-state index is -4.94. The Balaban J connectivity index is 5.18. The summed E-state index contributed by atoms with van der Waals surface area (Å²) in [7, 11) is -9.87. The van der Waals surface area contributed by atoms with Gasteiger partial charge < -0.3 is 33.8 Å². The molecular weight excluding hydrogens is 1050 g/mol. The molecule has 0 rings (SSSR count). The third-order valence-corrected chi connectivity index (χ3v) is 15.6. The molecule has 0 radical (unpaired) electrons. The Morgan fingerprint density at radius 1 is 0.342 bits per heavy atom. The van der Waals surface area contributed by atoms with Crippen LogP contribution in [-0.2, 0) is 65.4 Å². The van der Waals surface area contributed by atoms with Crippen molar-refractivity contribution in [3.05, 3.63) is 0 Å². The summed E-state index contributed by atoms with van der Waals surface area (Å²) in [4.78, 5) is 71.7. The quantitative estimate of drug-likeness (QED) is 0.0222. The van der Waals surface area contributed by atoms with Gasteiger partial charge in [0.25, 0.3) is 0 Å². The van der Waals surface area contributed by atoms with Crippen molar-refractivity contribution in [2.75, 3.05) is 39.6 Å². The molecule has 0 aliphatic heterocycles. The molecule has 0 saturated heterocycles. The van der Waals surface area contributed by atoms with Crippen molar-refractivity contribution in [1.29, 1.82) is 0 Å². The van der Waals surface area contributed by atoms with Crippen LogP contribution in [0.2, 0.25) is 0 Å². The third kappa shape index (κ3) is 55.0. The number of aliphatic hydroxyl groups is 1. The Morgan fingerprint density at radius 3 is 0.861 bits per heavy atom. The fraction of sp³-hybridized carbons (Fsp3) is 0.933. The molecule has 2 unspecified atom stereocenters. The summed E-state index contributed by atoms with van der Waals surface area (Å²) < 4.78 is 67.6. The maximum Gasteiger partial charge on any atom is 0.472 e. The van der Waals surface area contributed by atoms with E-state index >= 15 is 0 Å². The number of phosphoric ester groups is 2. The number of unbranched alkanes of at least 4 members (excludes halogenated alkanes) is 29. The van der Waals surface area contributed by atoms with Gasteiger partial charge in [0.2, 0.25) is 0 Å². The Labute approximate surface area is 479 Å². The topological polar surface area (TPSA) is 237 Å². The van der Waals surface area contributed by atoms with Gasteiger partial charge in [0.1, 0.15) is 19.3 Å². The summed E-state index contributed by atoms with van der Waals surface area (Å²) >= 11 is 0. The number of aliphatic hydroxyl groups excluding tert-OH is 1. The van der Waals surface area contributed by atoms with E-state index in [1.54, 1.807) is 0 Å². The molecule has 0 heterocycles. The van der Waals surface area contributed by atoms with Gasteiger partial charge in [-0.25, -0.2) is 9.13 Å². The zero-order valence-corrected chi connectivity index (χ0v) is 52.4. The van der Waals surface area contributed by atoms with Gasteiger partial charge in [-0.15, -0.1) is 0 Å². The van der Waals surface area contributed by atoms with E-state index in [1.165, 1.54) is 103 Å². The van der Waals surface area contributed by atoms with E-state index in [0.29, 0.717) is 31.6 Å². The average Bonchev–Trinajstić information content (AvgIpc) is 3.40. The van der Waals surface area contributed by atoms with Crippen molar-refractivity contribution >= 4 is 39.5 Å². The molecule has 0 aromatic rings. The van der Waals surface area contributed by atoms with Crippen molar-refractivity contribution in [2.24, 2.45) is 11.8 Å². The summed E-state index contributed by atoms with van der Waals surface area (Å²) in [5.74, 6) is -0.757. The molecule has 0 spiro atoms. The predicted molar refractivity (Wildman–Crippen MR) is 312 cm³/mol. The minimum Gasteiger partial charge on any atom is -0.462 e. The molecule has 0 aliphatic carbocycles. The number of rotatable bonds is 59. The van der Waals surface area contributed by atoms with Crippen LogP contribution in [0.4, 0.5) is 0 Å². The van der Waals surface area contributed by atoms with Crippen LogP contribution in [0.15, 0.2) is 0 Å². The monoisotopic (exact) mass is 1170 g/mol. The smallest absolute Gasteiger partial charge is 0.462 e. The van der Waals surface area contributed by atoms with Gasteiger partial charge in [0, 0.05) is 25.7 Å². The number of carbonyl (C=O) groups is 4. The summed E-state index contributed by atoms with van der Waals surface area (Å²) in [6, 6.07) is 0. The minimum absolute atomic E-state index is 0.101. The molecule has 468 valence electrons. The summed E-state index contributed by atoms with van der Waals surface area (Å²) in [6.45, 7) is 9.25. The lowest BCUT2D eigenvalue weighted by atomic mass is 10.0. The molecular formula is C60H116O17P2. The lowest BCUT2D eigenvalue weighted by Gasteiger charge is -2.21. The van der Waals surface area contributed by atoms with E-state index in [0.717, 1.165) is 102 Å². The SMILES string of the molecule is CCCCCCCCCCCCCCCCC(=O)O[C@H](COC(=O)CCCCCCCCCCC(C)C)COP(=O)(O)OC[C@@H](O)COP(=O)(O)OC[C@@H](COC(=O)CCCCCCC)OC(=O)CCCCCCCCC(C)C. The second-order valence-electron chi connectivity index (χ2n) is 22.7. The van der Waals surface area contributed by atoms with Gasteiger partial charge in [0.05, 0.1) is 26.4 Å². The highest BCUT2D eigenvalue weighted by Crippen LogP contribution is 2.45.